The Kier molecular flexibility index (Phi) is 8.43. The van der Waals surface area contributed by atoms with Crippen LogP contribution in [0.2, 0.25) is 0 Å². The van der Waals surface area contributed by atoms with Gasteiger partial charge in [0.1, 0.15) is 17.7 Å². The summed E-state index contributed by atoms with van der Waals surface area (Å²) in [5, 5.41) is 29.5. The van der Waals surface area contributed by atoms with Crippen molar-refractivity contribution < 1.29 is 29.4 Å². The lowest BCUT2D eigenvalue weighted by Crippen LogP contribution is -2.54. The standard InChI is InChI=1S/C31H45N3O6/c1-7-31(39)15-12-24-22-9-8-20-16-21(10-13-29(20,5)23(22)11-14-30(24,31)6)34-40-17-25(35)33-26(18(2)3)27(36)32-19(4)28(37)38/h1,16,18-19,22-24,26,39H,8-15,17H2,2-6H3,(H,32,36)(H,33,35)(H,37,38)/t19?,22?,23?,24?,26?,29-,30-,31+/m0/s1. The first kappa shape index (κ1) is 30.1. The summed E-state index contributed by atoms with van der Waals surface area (Å²) in [5.41, 5.74) is 1.09. The van der Waals surface area contributed by atoms with E-state index in [1.807, 2.05) is 0 Å². The first-order chi connectivity index (χ1) is 18.8. The van der Waals surface area contributed by atoms with Crippen molar-refractivity contribution in [2.24, 2.45) is 39.7 Å². The molecule has 5 unspecified atom stereocenters. The van der Waals surface area contributed by atoms with Crippen LogP contribution < -0.4 is 10.6 Å². The van der Waals surface area contributed by atoms with E-state index in [0.717, 1.165) is 50.7 Å². The summed E-state index contributed by atoms with van der Waals surface area (Å²) >= 11 is 0. The van der Waals surface area contributed by atoms with Gasteiger partial charge in [-0.1, -0.05) is 44.3 Å². The van der Waals surface area contributed by atoms with Crippen molar-refractivity contribution in [3.05, 3.63) is 11.6 Å². The first-order valence-electron chi connectivity index (χ1n) is 14.7. The van der Waals surface area contributed by atoms with Crippen LogP contribution >= 0.6 is 0 Å². The Balaban J connectivity index is 1.36. The third kappa shape index (κ3) is 5.27. The molecule has 0 bridgehead atoms. The van der Waals surface area contributed by atoms with Crippen molar-refractivity contribution in [2.75, 3.05) is 6.61 Å². The van der Waals surface area contributed by atoms with Crippen LogP contribution in [0.4, 0.5) is 0 Å². The van der Waals surface area contributed by atoms with Gasteiger partial charge in [0.25, 0.3) is 5.91 Å². The molecule has 0 aliphatic heterocycles. The van der Waals surface area contributed by atoms with Gasteiger partial charge in [0, 0.05) is 5.41 Å². The molecule has 4 N–H and O–H groups in total. The summed E-state index contributed by atoms with van der Waals surface area (Å²) in [6, 6.07) is -1.94. The van der Waals surface area contributed by atoms with Gasteiger partial charge in [-0.2, -0.15) is 0 Å². The number of amides is 2. The van der Waals surface area contributed by atoms with Crippen LogP contribution in [0.25, 0.3) is 0 Å². The highest BCUT2D eigenvalue weighted by Crippen LogP contribution is 2.67. The summed E-state index contributed by atoms with van der Waals surface area (Å²) in [7, 11) is 0. The Morgan fingerprint density at radius 2 is 1.80 bits per heavy atom. The van der Waals surface area contributed by atoms with Crippen molar-refractivity contribution in [3.8, 4) is 12.3 Å². The third-order valence-corrected chi connectivity index (χ3v) is 10.7. The lowest BCUT2D eigenvalue weighted by atomic mass is 9.46. The van der Waals surface area contributed by atoms with E-state index in [2.05, 4.69) is 41.6 Å². The number of aliphatic carboxylic acids is 1. The van der Waals surface area contributed by atoms with Gasteiger partial charge in [-0.3, -0.25) is 14.4 Å². The molecule has 0 spiro atoms. The van der Waals surface area contributed by atoms with Gasteiger partial charge in [-0.25, -0.2) is 0 Å². The van der Waals surface area contributed by atoms with Crippen molar-refractivity contribution in [3.63, 3.8) is 0 Å². The molecule has 0 aromatic rings. The highest BCUT2D eigenvalue weighted by molar-refractivity contribution is 5.96. The Morgan fingerprint density at radius 1 is 1.10 bits per heavy atom. The monoisotopic (exact) mass is 555 g/mol. The zero-order valence-corrected chi connectivity index (χ0v) is 24.5. The number of rotatable bonds is 8. The molecule has 4 aliphatic rings. The number of carbonyl (C=O) groups excluding carboxylic acids is 2. The molecule has 0 heterocycles. The van der Waals surface area contributed by atoms with Crippen molar-refractivity contribution >= 4 is 23.5 Å². The van der Waals surface area contributed by atoms with Gasteiger partial charge in [0.2, 0.25) is 5.91 Å². The maximum absolute atomic E-state index is 12.5. The van der Waals surface area contributed by atoms with Crippen molar-refractivity contribution in [1.82, 2.24) is 10.6 Å². The summed E-state index contributed by atoms with van der Waals surface area (Å²) in [6.45, 7) is 9.16. The van der Waals surface area contributed by atoms with Gasteiger partial charge in [0.05, 0.1) is 5.71 Å². The molecule has 8 atom stereocenters. The highest BCUT2D eigenvalue weighted by Gasteiger charge is 2.63. The number of carbonyl (C=O) groups is 3. The normalized spacial score (nSPS) is 37.2. The SMILES string of the molecule is C#C[C@@]1(O)CCC2C3CCC4=CC(=NOCC(=O)NC(C(=O)NC(C)C(=O)O)C(C)C)CC[C@]4(C)C3CC[C@@]21C. The second-order valence-electron chi connectivity index (χ2n) is 13.2. The number of aliphatic hydroxyl groups is 1. The summed E-state index contributed by atoms with van der Waals surface area (Å²) in [4.78, 5) is 41.4. The molecule has 9 heteroatoms. The van der Waals surface area contributed by atoms with Crippen LogP contribution in [0.1, 0.15) is 86.0 Å². The number of nitrogens with one attached hydrogen (secondary N) is 2. The second-order valence-corrected chi connectivity index (χ2v) is 13.2. The van der Waals surface area contributed by atoms with Crippen LogP contribution in [0, 0.1) is 46.8 Å². The predicted molar refractivity (Wildman–Crippen MR) is 151 cm³/mol. The number of fused-ring (bicyclic) bond motifs is 5. The lowest BCUT2D eigenvalue weighted by Gasteiger charge is -2.58. The Morgan fingerprint density at radius 3 is 2.45 bits per heavy atom. The van der Waals surface area contributed by atoms with Gasteiger partial charge in [-0.15, -0.1) is 6.42 Å². The first-order valence-corrected chi connectivity index (χ1v) is 14.7. The minimum Gasteiger partial charge on any atom is -0.480 e. The predicted octanol–water partition coefficient (Wildman–Crippen LogP) is 3.42. The van der Waals surface area contributed by atoms with Crippen LogP contribution in [-0.2, 0) is 19.2 Å². The molecular formula is C31H45N3O6. The average Bonchev–Trinajstić information content (AvgIpc) is 3.18. The van der Waals surface area contributed by atoms with Crippen molar-refractivity contribution in [1.29, 1.82) is 0 Å². The van der Waals surface area contributed by atoms with E-state index in [0.29, 0.717) is 24.2 Å². The molecule has 220 valence electrons. The largest absolute Gasteiger partial charge is 0.480 e. The fourth-order valence-electron chi connectivity index (χ4n) is 8.18. The minimum atomic E-state index is -1.15. The van der Waals surface area contributed by atoms with E-state index >= 15 is 0 Å². The number of carboxylic acid groups (broad SMARTS) is 1. The Labute approximate surface area is 237 Å². The third-order valence-electron chi connectivity index (χ3n) is 10.7. The molecule has 0 radical (unpaired) electrons. The lowest BCUT2D eigenvalue weighted by molar-refractivity contribution is -0.142. The van der Waals surface area contributed by atoms with Crippen LogP contribution in [-0.4, -0.2) is 58.0 Å². The van der Waals surface area contributed by atoms with E-state index in [-0.39, 0.29) is 23.4 Å². The van der Waals surface area contributed by atoms with Crippen LogP contribution in [0.5, 0.6) is 0 Å². The molecule has 0 aromatic carbocycles. The molecule has 4 rings (SSSR count). The molecule has 3 saturated carbocycles. The van der Waals surface area contributed by atoms with E-state index in [1.165, 1.54) is 12.5 Å². The minimum absolute atomic E-state index is 0.0857. The van der Waals surface area contributed by atoms with E-state index in [1.54, 1.807) is 13.8 Å². The fraction of sp³-hybridized carbons (Fsp3) is 0.742. The summed E-state index contributed by atoms with van der Waals surface area (Å²) < 4.78 is 0. The van der Waals surface area contributed by atoms with Crippen LogP contribution in [0.3, 0.4) is 0 Å². The number of oxime groups is 1. The number of nitrogens with zero attached hydrogens (tertiary/aromatic N) is 1. The van der Waals surface area contributed by atoms with Gasteiger partial charge < -0.3 is 25.7 Å². The smallest absolute Gasteiger partial charge is 0.325 e. The van der Waals surface area contributed by atoms with Gasteiger partial charge >= 0.3 is 5.97 Å². The molecule has 9 nitrogen and oxygen atoms in total. The topological polar surface area (TPSA) is 137 Å². The quantitative estimate of drug-likeness (QED) is 0.268. The van der Waals surface area contributed by atoms with Gasteiger partial charge in [0.15, 0.2) is 6.61 Å². The van der Waals surface area contributed by atoms with Crippen molar-refractivity contribution in [2.45, 2.75) is 104 Å². The van der Waals surface area contributed by atoms with Crippen LogP contribution in [0.15, 0.2) is 16.8 Å². The maximum atomic E-state index is 12.5. The van der Waals surface area contributed by atoms with E-state index in [9.17, 15) is 19.5 Å². The molecular weight excluding hydrogens is 510 g/mol. The molecule has 2 amide bonds. The zero-order valence-electron chi connectivity index (χ0n) is 24.5. The second kappa shape index (κ2) is 11.2. The number of carboxylic acids is 1. The van der Waals surface area contributed by atoms with Gasteiger partial charge in [-0.05, 0) is 93.5 Å². The summed E-state index contributed by atoms with van der Waals surface area (Å²) in [6.07, 6.45) is 15.5. The number of hydrogen-bond donors (Lipinski definition) is 4. The maximum Gasteiger partial charge on any atom is 0.325 e. The highest BCUT2D eigenvalue weighted by atomic mass is 16.6. The number of terminal acetylenes is 1. The fourth-order valence-corrected chi connectivity index (χ4v) is 8.18. The molecule has 4 aliphatic carbocycles. The molecule has 0 saturated heterocycles. The number of hydrogen-bond acceptors (Lipinski definition) is 6. The Bertz CT molecular complexity index is 1140. The average molecular weight is 556 g/mol. The zero-order chi connectivity index (χ0) is 29.5. The Hall–Kier alpha value is -2.86. The molecule has 0 aromatic heterocycles. The number of allylic oxidation sites excluding steroid dienone is 2. The molecule has 3 fully saturated rings. The van der Waals surface area contributed by atoms with E-state index < -0.39 is 35.5 Å². The van der Waals surface area contributed by atoms with E-state index in [4.69, 9.17) is 16.4 Å². The molecule has 40 heavy (non-hydrogen) atoms. The summed E-state index contributed by atoms with van der Waals surface area (Å²) in [5.74, 6) is 1.88.